The zero-order valence-corrected chi connectivity index (χ0v) is 22.6. The van der Waals surface area contributed by atoms with Crippen molar-refractivity contribution in [1.82, 2.24) is 0 Å². The van der Waals surface area contributed by atoms with Crippen molar-refractivity contribution in [2.45, 2.75) is 61.3 Å². The second kappa shape index (κ2) is 22.3. The first kappa shape index (κ1) is 32.2. The minimum atomic E-state index is 0.956. The van der Waals surface area contributed by atoms with Crippen LogP contribution in [0.5, 0.6) is 17.2 Å². The first-order valence-electron chi connectivity index (χ1n) is 11.6. The Hall–Kier alpha value is -2.94. The molecule has 3 aromatic rings. The van der Waals surface area contributed by atoms with E-state index in [0.29, 0.717) is 0 Å². The maximum absolute atomic E-state index is 5.04. The topological polar surface area (TPSA) is 27.7 Å². The van der Waals surface area contributed by atoms with Crippen molar-refractivity contribution in [3.8, 4) is 17.2 Å². The Morgan fingerprint density at radius 2 is 0.606 bits per heavy atom. The van der Waals surface area contributed by atoms with Gasteiger partial charge in [0.2, 0.25) is 0 Å². The number of para-hydroxylation sites is 3. The molecular weight excluding hydrogens is 408 g/mol. The highest BCUT2D eigenvalue weighted by Gasteiger charge is 1.92. The Kier molecular flexibility index (Phi) is 21.7. The number of benzene rings is 3. The Balaban J connectivity index is 0. The molecule has 33 heavy (non-hydrogen) atoms. The lowest BCUT2D eigenvalue weighted by molar-refractivity contribution is 0.411. The molecule has 0 unspecified atom stereocenters. The molecule has 0 atom stereocenters. The van der Waals surface area contributed by atoms with E-state index in [2.05, 4.69) is 27.7 Å². The van der Waals surface area contributed by atoms with Crippen LogP contribution in [0.2, 0.25) is 0 Å². The van der Waals surface area contributed by atoms with Crippen molar-refractivity contribution in [3.05, 3.63) is 89.5 Å². The van der Waals surface area contributed by atoms with Crippen LogP contribution in [0.25, 0.3) is 0 Å². The summed E-state index contributed by atoms with van der Waals surface area (Å²) in [6.07, 6.45) is 2.50. The van der Waals surface area contributed by atoms with Gasteiger partial charge in [0.25, 0.3) is 0 Å². The Bertz CT molecular complexity index is 718. The molecule has 3 nitrogen and oxygen atoms in total. The molecule has 0 radical (unpaired) electrons. The van der Waals surface area contributed by atoms with E-state index in [1.165, 1.54) is 29.5 Å². The SMILES string of the molecule is CCC.CCC.COc1ccccc1C.COc1ccccc1C.COc1ccccc1C. The summed E-state index contributed by atoms with van der Waals surface area (Å²) >= 11 is 0. The summed E-state index contributed by atoms with van der Waals surface area (Å²) in [5.41, 5.74) is 3.54. The summed E-state index contributed by atoms with van der Waals surface area (Å²) in [6, 6.07) is 23.8. The van der Waals surface area contributed by atoms with Gasteiger partial charge in [-0.3, -0.25) is 0 Å². The lowest BCUT2D eigenvalue weighted by Gasteiger charge is -2.00. The van der Waals surface area contributed by atoms with Gasteiger partial charge in [0.05, 0.1) is 21.3 Å². The maximum Gasteiger partial charge on any atom is 0.121 e. The van der Waals surface area contributed by atoms with E-state index in [-0.39, 0.29) is 0 Å². The smallest absolute Gasteiger partial charge is 0.121 e. The number of methoxy groups -OCH3 is 3. The third kappa shape index (κ3) is 16.4. The average molecular weight is 455 g/mol. The van der Waals surface area contributed by atoms with Gasteiger partial charge >= 0.3 is 0 Å². The summed E-state index contributed by atoms with van der Waals surface area (Å²) in [7, 11) is 5.05. The second-order valence-electron chi connectivity index (χ2n) is 7.32. The lowest BCUT2D eigenvalue weighted by Crippen LogP contribution is -1.84. The van der Waals surface area contributed by atoms with Crippen LogP contribution in [0.1, 0.15) is 57.2 Å². The van der Waals surface area contributed by atoms with Gasteiger partial charge in [-0.25, -0.2) is 0 Å². The van der Waals surface area contributed by atoms with E-state index in [4.69, 9.17) is 14.2 Å². The number of hydrogen-bond donors (Lipinski definition) is 0. The Morgan fingerprint density at radius 3 is 0.727 bits per heavy atom. The van der Waals surface area contributed by atoms with Crippen LogP contribution in [-0.2, 0) is 0 Å². The predicted molar refractivity (Wildman–Crippen MR) is 145 cm³/mol. The van der Waals surface area contributed by atoms with Crippen molar-refractivity contribution in [3.63, 3.8) is 0 Å². The first-order chi connectivity index (χ1) is 15.9. The molecule has 0 fully saturated rings. The van der Waals surface area contributed by atoms with Gasteiger partial charge < -0.3 is 14.2 Å². The van der Waals surface area contributed by atoms with E-state index in [0.717, 1.165) is 17.2 Å². The monoisotopic (exact) mass is 454 g/mol. The lowest BCUT2D eigenvalue weighted by atomic mass is 10.2. The number of ether oxygens (including phenoxy) is 3. The molecule has 0 heterocycles. The van der Waals surface area contributed by atoms with Crippen LogP contribution < -0.4 is 14.2 Å². The number of rotatable bonds is 3. The van der Waals surface area contributed by atoms with Gasteiger partial charge in [0.15, 0.2) is 0 Å². The van der Waals surface area contributed by atoms with Crippen molar-refractivity contribution < 1.29 is 14.2 Å². The molecule has 0 saturated carbocycles. The van der Waals surface area contributed by atoms with Gasteiger partial charge in [0.1, 0.15) is 17.2 Å². The van der Waals surface area contributed by atoms with E-state index in [9.17, 15) is 0 Å². The molecule has 3 rings (SSSR count). The summed E-state index contributed by atoms with van der Waals surface area (Å²) in [4.78, 5) is 0. The summed E-state index contributed by atoms with van der Waals surface area (Å²) < 4.78 is 15.1. The van der Waals surface area contributed by atoms with Gasteiger partial charge in [-0.05, 0) is 55.7 Å². The molecule has 0 amide bonds. The standard InChI is InChI=1S/3C8H10O.2C3H8/c3*1-7-5-3-4-6-8(7)9-2;2*1-3-2/h3*3-6H,1-2H3;2*3H2,1-2H3. The highest BCUT2D eigenvalue weighted by molar-refractivity contribution is 5.32. The van der Waals surface area contributed by atoms with Crippen LogP contribution in [0.4, 0.5) is 0 Å². The van der Waals surface area contributed by atoms with Crippen molar-refractivity contribution in [1.29, 1.82) is 0 Å². The minimum absolute atomic E-state index is 0.956. The quantitative estimate of drug-likeness (QED) is 0.395. The van der Waals surface area contributed by atoms with Gasteiger partial charge in [-0.15, -0.1) is 0 Å². The van der Waals surface area contributed by atoms with E-state index < -0.39 is 0 Å². The fourth-order valence-electron chi connectivity index (χ4n) is 2.36. The zero-order valence-electron chi connectivity index (χ0n) is 22.6. The fraction of sp³-hybridized carbons (Fsp3) is 0.400. The number of hydrogen-bond acceptors (Lipinski definition) is 3. The van der Waals surface area contributed by atoms with Crippen LogP contribution >= 0.6 is 0 Å². The van der Waals surface area contributed by atoms with Crippen LogP contribution in [0.3, 0.4) is 0 Å². The highest BCUT2D eigenvalue weighted by atomic mass is 16.5. The fourth-order valence-corrected chi connectivity index (χ4v) is 2.36. The molecule has 3 aromatic carbocycles. The molecule has 0 bridgehead atoms. The molecule has 0 aliphatic carbocycles. The van der Waals surface area contributed by atoms with Crippen LogP contribution in [0.15, 0.2) is 72.8 Å². The van der Waals surface area contributed by atoms with Gasteiger partial charge in [-0.1, -0.05) is 95.1 Å². The second-order valence-corrected chi connectivity index (χ2v) is 7.32. The van der Waals surface area contributed by atoms with Crippen molar-refractivity contribution in [2.24, 2.45) is 0 Å². The Labute approximate surface area is 203 Å². The molecule has 0 N–H and O–H groups in total. The molecule has 0 spiro atoms. The zero-order chi connectivity index (χ0) is 25.5. The first-order valence-corrected chi connectivity index (χ1v) is 11.6. The average Bonchev–Trinajstić information content (AvgIpc) is 2.82. The molecular formula is C30H46O3. The minimum Gasteiger partial charge on any atom is -0.496 e. The molecule has 0 aliphatic heterocycles. The van der Waals surface area contributed by atoms with E-state index in [1.807, 2.05) is 93.6 Å². The molecule has 3 heteroatoms. The molecule has 184 valence electrons. The predicted octanol–water partition coefficient (Wildman–Crippen LogP) is 8.84. The van der Waals surface area contributed by atoms with Crippen molar-refractivity contribution >= 4 is 0 Å². The number of aryl methyl sites for hydroxylation is 3. The third-order valence-electron chi connectivity index (χ3n) is 3.94. The molecule has 0 aliphatic rings. The molecule has 0 aromatic heterocycles. The largest absolute Gasteiger partial charge is 0.496 e. The molecule has 0 saturated heterocycles. The summed E-state index contributed by atoms with van der Waals surface area (Å²) in [5.74, 6) is 2.87. The normalized spacial score (nSPS) is 8.55. The summed E-state index contributed by atoms with van der Waals surface area (Å²) in [6.45, 7) is 14.6. The van der Waals surface area contributed by atoms with E-state index >= 15 is 0 Å². The maximum atomic E-state index is 5.04. The van der Waals surface area contributed by atoms with Gasteiger partial charge in [-0.2, -0.15) is 0 Å². The van der Waals surface area contributed by atoms with Crippen LogP contribution in [-0.4, -0.2) is 21.3 Å². The Morgan fingerprint density at radius 1 is 0.424 bits per heavy atom. The summed E-state index contributed by atoms with van der Waals surface area (Å²) in [5, 5.41) is 0. The van der Waals surface area contributed by atoms with Crippen LogP contribution in [0, 0.1) is 20.8 Å². The van der Waals surface area contributed by atoms with Crippen molar-refractivity contribution in [2.75, 3.05) is 21.3 Å². The van der Waals surface area contributed by atoms with E-state index in [1.54, 1.807) is 21.3 Å². The highest BCUT2D eigenvalue weighted by Crippen LogP contribution is 2.15. The van der Waals surface area contributed by atoms with Gasteiger partial charge in [0, 0.05) is 0 Å². The third-order valence-corrected chi connectivity index (χ3v) is 3.94.